The van der Waals surface area contributed by atoms with Gasteiger partial charge in [-0.25, -0.2) is 4.98 Å². The van der Waals surface area contributed by atoms with Gasteiger partial charge in [-0.15, -0.1) is 11.8 Å². The summed E-state index contributed by atoms with van der Waals surface area (Å²) in [6.45, 7) is 1.94. The van der Waals surface area contributed by atoms with Gasteiger partial charge >= 0.3 is 0 Å². The molecule has 0 saturated carbocycles. The van der Waals surface area contributed by atoms with E-state index in [4.69, 9.17) is 11.6 Å². The molecule has 2 rings (SSSR count). The predicted octanol–water partition coefficient (Wildman–Crippen LogP) is 3.95. The van der Waals surface area contributed by atoms with Crippen LogP contribution in [0.15, 0.2) is 47.4 Å². The molecule has 0 spiro atoms. The number of aromatic nitrogens is 1. The summed E-state index contributed by atoms with van der Waals surface area (Å²) < 4.78 is 0. The van der Waals surface area contributed by atoms with Gasteiger partial charge in [0.15, 0.2) is 0 Å². The van der Waals surface area contributed by atoms with Crippen LogP contribution in [0.3, 0.4) is 0 Å². The maximum absolute atomic E-state index is 12.1. The first-order chi connectivity index (χ1) is 9.60. The van der Waals surface area contributed by atoms with Gasteiger partial charge in [0.05, 0.1) is 6.04 Å². The Balaban J connectivity index is 2.06. The number of nitrogens with zero attached hydrogens (tertiary/aromatic N) is 1. The second kappa shape index (κ2) is 6.77. The highest BCUT2D eigenvalue weighted by atomic mass is 35.5. The lowest BCUT2D eigenvalue weighted by Crippen LogP contribution is -2.27. The third-order valence-corrected chi connectivity index (χ3v) is 3.87. The summed E-state index contributed by atoms with van der Waals surface area (Å²) in [5.74, 6) is -0.228. The van der Waals surface area contributed by atoms with E-state index in [1.807, 2.05) is 37.4 Å². The van der Waals surface area contributed by atoms with Crippen LogP contribution >= 0.6 is 23.4 Å². The molecule has 0 saturated heterocycles. The highest BCUT2D eigenvalue weighted by Crippen LogP contribution is 2.19. The quantitative estimate of drug-likeness (QED) is 0.687. The molecule has 20 heavy (non-hydrogen) atoms. The number of rotatable bonds is 4. The maximum atomic E-state index is 12.1. The van der Waals surface area contributed by atoms with E-state index < -0.39 is 0 Å². The van der Waals surface area contributed by atoms with Crippen LogP contribution < -0.4 is 5.32 Å². The molecule has 104 valence electrons. The van der Waals surface area contributed by atoms with E-state index in [1.54, 1.807) is 30.0 Å². The van der Waals surface area contributed by atoms with E-state index >= 15 is 0 Å². The zero-order valence-electron chi connectivity index (χ0n) is 11.3. The number of halogens is 1. The van der Waals surface area contributed by atoms with Crippen LogP contribution in [0.4, 0.5) is 0 Å². The van der Waals surface area contributed by atoms with Gasteiger partial charge in [0, 0.05) is 4.90 Å². The van der Waals surface area contributed by atoms with Crippen molar-refractivity contribution in [2.24, 2.45) is 0 Å². The lowest BCUT2D eigenvalue weighted by atomic mass is 10.1. The zero-order valence-corrected chi connectivity index (χ0v) is 12.8. The van der Waals surface area contributed by atoms with Crippen LogP contribution in [0, 0.1) is 0 Å². The first kappa shape index (κ1) is 14.9. The standard InChI is InChI=1S/C15H15ClN2OS/c1-10(11-6-8-12(20-2)9-7-11)17-15(19)13-4-3-5-14(16)18-13/h3-10H,1-2H3,(H,17,19). The average Bonchev–Trinajstić information content (AvgIpc) is 2.47. The molecule has 0 aliphatic heterocycles. The Morgan fingerprint density at radius 1 is 1.25 bits per heavy atom. The number of amides is 1. The Morgan fingerprint density at radius 3 is 2.55 bits per heavy atom. The summed E-state index contributed by atoms with van der Waals surface area (Å²) >= 11 is 7.47. The third-order valence-electron chi connectivity index (χ3n) is 2.91. The van der Waals surface area contributed by atoms with E-state index in [9.17, 15) is 4.79 Å². The molecule has 1 aromatic heterocycles. The molecule has 5 heteroatoms. The molecule has 0 radical (unpaired) electrons. The molecule has 1 heterocycles. The molecule has 0 aliphatic rings. The summed E-state index contributed by atoms with van der Waals surface area (Å²) in [5, 5.41) is 3.22. The molecule has 1 aromatic carbocycles. The summed E-state index contributed by atoms with van der Waals surface area (Å²) in [6.07, 6.45) is 2.03. The number of carbonyl (C=O) groups is 1. The van der Waals surface area contributed by atoms with Crippen molar-refractivity contribution in [2.75, 3.05) is 6.26 Å². The van der Waals surface area contributed by atoms with Gasteiger partial charge in [0.25, 0.3) is 5.91 Å². The van der Waals surface area contributed by atoms with Gasteiger partial charge in [-0.1, -0.05) is 29.8 Å². The van der Waals surface area contributed by atoms with Crippen LogP contribution in [-0.2, 0) is 0 Å². The fraction of sp³-hybridized carbons (Fsp3) is 0.200. The molecular weight excluding hydrogens is 292 g/mol. The van der Waals surface area contributed by atoms with Crippen LogP contribution in [0.2, 0.25) is 5.15 Å². The molecule has 1 amide bonds. The Hall–Kier alpha value is -1.52. The molecule has 2 aromatic rings. The molecular formula is C15H15ClN2OS. The van der Waals surface area contributed by atoms with Crippen LogP contribution in [0.5, 0.6) is 0 Å². The largest absolute Gasteiger partial charge is 0.344 e. The normalized spacial score (nSPS) is 11.9. The van der Waals surface area contributed by atoms with Crippen molar-refractivity contribution < 1.29 is 4.79 Å². The second-order valence-electron chi connectivity index (χ2n) is 4.31. The minimum atomic E-state index is -0.228. The highest BCUT2D eigenvalue weighted by molar-refractivity contribution is 7.98. The average molecular weight is 307 g/mol. The summed E-state index contributed by atoms with van der Waals surface area (Å²) in [4.78, 5) is 17.3. The zero-order chi connectivity index (χ0) is 14.5. The monoisotopic (exact) mass is 306 g/mol. The molecule has 1 unspecified atom stereocenters. The molecule has 1 atom stereocenters. The molecule has 0 bridgehead atoms. The van der Waals surface area contributed by atoms with Crippen molar-refractivity contribution in [3.05, 3.63) is 58.9 Å². The van der Waals surface area contributed by atoms with Crippen molar-refractivity contribution in [3.63, 3.8) is 0 Å². The summed E-state index contributed by atoms with van der Waals surface area (Å²) in [6, 6.07) is 13.0. The fourth-order valence-corrected chi connectivity index (χ4v) is 2.35. The SMILES string of the molecule is CSc1ccc(C(C)NC(=O)c2cccc(Cl)n2)cc1. The Bertz CT molecular complexity index is 601. The minimum Gasteiger partial charge on any atom is -0.344 e. The Kier molecular flexibility index (Phi) is 5.04. The number of pyridine rings is 1. The number of nitrogens with one attached hydrogen (secondary N) is 1. The topological polar surface area (TPSA) is 42.0 Å². The second-order valence-corrected chi connectivity index (χ2v) is 5.58. The van der Waals surface area contributed by atoms with Gasteiger partial charge < -0.3 is 5.32 Å². The summed E-state index contributed by atoms with van der Waals surface area (Å²) in [7, 11) is 0. The minimum absolute atomic E-state index is 0.0841. The smallest absolute Gasteiger partial charge is 0.270 e. The van der Waals surface area contributed by atoms with E-state index in [-0.39, 0.29) is 11.9 Å². The van der Waals surface area contributed by atoms with Crippen molar-refractivity contribution in [1.82, 2.24) is 10.3 Å². The number of carbonyl (C=O) groups excluding carboxylic acids is 1. The van der Waals surface area contributed by atoms with Gasteiger partial charge in [0.1, 0.15) is 10.8 Å². The molecule has 0 aliphatic carbocycles. The first-order valence-corrected chi connectivity index (χ1v) is 7.78. The molecule has 3 nitrogen and oxygen atoms in total. The Labute approximate surface area is 127 Å². The summed E-state index contributed by atoms with van der Waals surface area (Å²) in [5.41, 5.74) is 1.38. The fourth-order valence-electron chi connectivity index (χ4n) is 1.78. The molecule has 1 N–H and O–H groups in total. The predicted molar refractivity (Wildman–Crippen MR) is 83.4 cm³/mol. The highest BCUT2D eigenvalue weighted by Gasteiger charge is 2.12. The van der Waals surface area contributed by atoms with E-state index in [0.717, 1.165) is 5.56 Å². The number of benzene rings is 1. The Morgan fingerprint density at radius 2 is 1.95 bits per heavy atom. The van der Waals surface area contributed by atoms with Crippen molar-refractivity contribution in [1.29, 1.82) is 0 Å². The van der Waals surface area contributed by atoms with Crippen LogP contribution in [0.1, 0.15) is 29.0 Å². The van der Waals surface area contributed by atoms with E-state index in [0.29, 0.717) is 10.8 Å². The first-order valence-electron chi connectivity index (χ1n) is 6.17. The van der Waals surface area contributed by atoms with Crippen LogP contribution in [-0.4, -0.2) is 17.1 Å². The van der Waals surface area contributed by atoms with Gasteiger partial charge in [-0.05, 0) is 43.0 Å². The van der Waals surface area contributed by atoms with E-state index in [1.165, 1.54) is 4.90 Å². The van der Waals surface area contributed by atoms with Gasteiger partial charge in [-0.3, -0.25) is 4.79 Å². The van der Waals surface area contributed by atoms with Crippen molar-refractivity contribution in [2.45, 2.75) is 17.9 Å². The van der Waals surface area contributed by atoms with Crippen molar-refractivity contribution in [3.8, 4) is 0 Å². The number of thioether (sulfide) groups is 1. The van der Waals surface area contributed by atoms with Gasteiger partial charge in [0.2, 0.25) is 0 Å². The number of hydrogen-bond donors (Lipinski definition) is 1. The maximum Gasteiger partial charge on any atom is 0.270 e. The van der Waals surface area contributed by atoms with Crippen LogP contribution in [0.25, 0.3) is 0 Å². The van der Waals surface area contributed by atoms with Crippen molar-refractivity contribution >= 4 is 29.3 Å². The molecule has 0 fully saturated rings. The lowest BCUT2D eigenvalue weighted by molar-refractivity contribution is 0.0935. The van der Waals surface area contributed by atoms with E-state index in [2.05, 4.69) is 10.3 Å². The van der Waals surface area contributed by atoms with Gasteiger partial charge in [-0.2, -0.15) is 0 Å². The third kappa shape index (κ3) is 3.74. The lowest BCUT2D eigenvalue weighted by Gasteiger charge is -2.14. The number of hydrogen-bond acceptors (Lipinski definition) is 3.